The van der Waals surface area contributed by atoms with Gasteiger partial charge in [0.05, 0.1) is 28.8 Å². The molecule has 1 aromatic heterocycles. The lowest BCUT2D eigenvalue weighted by Crippen LogP contribution is -2.35. The predicted molar refractivity (Wildman–Crippen MR) is 112 cm³/mol. The van der Waals surface area contributed by atoms with Crippen LogP contribution < -0.4 is 10.2 Å². The van der Waals surface area contributed by atoms with Crippen LogP contribution in [0.15, 0.2) is 54.6 Å². The zero-order valence-electron chi connectivity index (χ0n) is 15.6. The molecule has 3 aromatic rings. The second kappa shape index (κ2) is 8.12. The molecule has 28 heavy (non-hydrogen) atoms. The molecule has 1 aliphatic heterocycles. The SMILES string of the molecule is Cc1ccc(F)c(NC(=O)c2cc(-c3ccccc3)c(N3CCOCC3)s2)c1. The zero-order valence-corrected chi connectivity index (χ0v) is 16.4. The average Bonchev–Trinajstić information content (AvgIpc) is 3.18. The fraction of sp³-hybridized carbons (Fsp3) is 0.227. The molecule has 0 bridgehead atoms. The summed E-state index contributed by atoms with van der Waals surface area (Å²) in [6, 6.07) is 16.6. The number of halogens is 1. The van der Waals surface area contributed by atoms with Crippen molar-refractivity contribution in [3.8, 4) is 11.1 Å². The first-order valence-corrected chi connectivity index (χ1v) is 10.0. The molecule has 2 heterocycles. The molecule has 0 spiro atoms. The number of morpholine rings is 1. The van der Waals surface area contributed by atoms with Crippen LogP contribution in [0.2, 0.25) is 0 Å². The third-order valence-corrected chi connectivity index (χ3v) is 5.88. The van der Waals surface area contributed by atoms with Gasteiger partial charge in [0, 0.05) is 18.7 Å². The Morgan fingerprint density at radius 2 is 1.86 bits per heavy atom. The quantitative estimate of drug-likeness (QED) is 0.678. The Kier molecular flexibility index (Phi) is 5.41. The number of benzene rings is 2. The highest BCUT2D eigenvalue weighted by molar-refractivity contribution is 7.18. The summed E-state index contributed by atoms with van der Waals surface area (Å²) in [6.07, 6.45) is 0. The minimum Gasteiger partial charge on any atom is -0.378 e. The van der Waals surface area contributed by atoms with Crippen molar-refractivity contribution in [2.75, 3.05) is 36.5 Å². The third kappa shape index (κ3) is 3.93. The number of rotatable bonds is 4. The first-order valence-electron chi connectivity index (χ1n) is 9.21. The van der Waals surface area contributed by atoms with Crippen LogP contribution in [0, 0.1) is 12.7 Å². The molecule has 0 atom stereocenters. The standard InChI is InChI=1S/C22H21FN2O2S/c1-15-7-8-18(23)19(13-15)24-21(26)20-14-17(16-5-3-2-4-6-16)22(28-20)25-9-11-27-12-10-25/h2-8,13-14H,9-12H2,1H3,(H,24,26). The molecule has 0 aliphatic carbocycles. The van der Waals surface area contributed by atoms with Crippen molar-refractivity contribution >= 4 is 27.9 Å². The van der Waals surface area contributed by atoms with Crippen molar-refractivity contribution in [3.05, 3.63) is 70.9 Å². The van der Waals surface area contributed by atoms with E-state index in [1.807, 2.05) is 43.3 Å². The van der Waals surface area contributed by atoms with E-state index in [9.17, 15) is 9.18 Å². The van der Waals surface area contributed by atoms with Gasteiger partial charge >= 0.3 is 0 Å². The van der Waals surface area contributed by atoms with Crippen molar-refractivity contribution < 1.29 is 13.9 Å². The number of carbonyl (C=O) groups is 1. The summed E-state index contributed by atoms with van der Waals surface area (Å²) >= 11 is 1.43. The van der Waals surface area contributed by atoms with Gasteiger partial charge < -0.3 is 15.0 Å². The number of thiophene rings is 1. The van der Waals surface area contributed by atoms with Crippen LogP contribution in [0.3, 0.4) is 0 Å². The molecule has 1 aliphatic rings. The molecule has 4 nitrogen and oxygen atoms in total. The number of anilines is 2. The number of nitrogens with zero attached hydrogens (tertiary/aromatic N) is 1. The van der Waals surface area contributed by atoms with Crippen molar-refractivity contribution in [1.29, 1.82) is 0 Å². The van der Waals surface area contributed by atoms with E-state index in [0.717, 1.165) is 34.8 Å². The van der Waals surface area contributed by atoms with Gasteiger partial charge in [-0.3, -0.25) is 4.79 Å². The van der Waals surface area contributed by atoms with Gasteiger partial charge in [0.25, 0.3) is 5.91 Å². The van der Waals surface area contributed by atoms with Crippen LogP contribution >= 0.6 is 11.3 Å². The number of hydrogen-bond donors (Lipinski definition) is 1. The highest BCUT2D eigenvalue weighted by Crippen LogP contribution is 2.39. The van der Waals surface area contributed by atoms with Gasteiger partial charge in [-0.25, -0.2) is 4.39 Å². The maximum Gasteiger partial charge on any atom is 0.265 e. The van der Waals surface area contributed by atoms with E-state index in [4.69, 9.17) is 4.74 Å². The minimum absolute atomic E-state index is 0.201. The summed E-state index contributed by atoms with van der Waals surface area (Å²) in [7, 11) is 0. The lowest BCUT2D eigenvalue weighted by Gasteiger charge is -2.28. The molecule has 1 fully saturated rings. The van der Waals surface area contributed by atoms with E-state index >= 15 is 0 Å². The van der Waals surface area contributed by atoms with Gasteiger partial charge in [0.1, 0.15) is 5.82 Å². The number of amides is 1. The van der Waals surface area contributed by atoms with Gasteiger partial charge in [0.2, 0.25) is 0 Å². The van der Waals surface area contributed by atoms with Gasteiger partial charge in [-0.1, -0.05) is 36.4 Å². The van der Waals surface area contributed by atoms with Gasteiger partial charge in [-0.05, 0) is 36.2 Å². The second-order valence-corrected chi connectivity index (χ2v) is 7.76. The number of nitrogens with one attached hydrogen (secondary N) is 1. The topological polar surface area (TPSA) is 41.6 Å². The smallest absolute Gasteiger partial charge is 0.265 e. The van der Waals surface area contributed by atoms with Gasteiger partial charge in [-0.2, -0.15) is 0 Å². The van der Waals surface area contributed by atoms with Gasteiger partial charge in [0.15, 0.2) is 0 Å². The molecule has 1 amide bonds. The summed E-state index contributed by atoms with van der Waals surface area (Å²) in [6.45, 7) is 4.77. The zero-order chi connectivity index (χ0) is 19.5. The Hall–Kier alpha value is -2.70. The van der Waals surface area contributed by atoms with E-state index in [1.165, 1.54) is 17.4 Å². The average molecular weight is 396 g/mol. The summed E-state index contributed by atoms with van der Waals surface area (Å²) < 4.78 is 19.5. The Balaban J connectivity index is 1.68. The number of ether oxygens (including phenoxy) is 1. The predicted octanol–water partition coefficient (Wildman–Crippen LogP) is 4.95. The molecule has 0 unspecified atom stereocenters. The summed E-state index contributed by atoms with van der Waals surface area (Å²) in [5, 5.41) is 3.76. The molecule has 144 valence electrons. The monoisotopic (exact) mass is 396 g/mol. The Morgan fingerprint density at radius 1 is 1.11 bits per heavy atom. The van der Waals surface area contributed by atoms with Crippen LogP contribution in [0.1, 0.15) is 15.2 Å². The first-order chi connectivity index (χ1) is 13.6. The highest BCUT2D eigenvalue weighted by Gasteiger charge is 2.22. The Bertz CT molecular complexity index is 981. The molecule has 1 saturated heterocycles. The van der Waals surface area contributed by atoms with Crippen LogP contribution in [0.25, 0.3) is 11.1 Å². The van der Waals surface area contributed by atoms with Crippen molar-refractivity contribution in [3.63, 3.8) is 0 Å². The van der Waals surface area contributed by atoms with E-state index in [1.54, 1.807) is 12.1 Å². The van der Waals surface area contributed by atoms with E-state index < -0.39 is 5.82 Å². The lowest BCUT2D eigenvalue weighted by atomic mass is 10.1. The van der Waals surface area contributed by atoms with Crippen LogP contribution in [0.4, 0.5) is 15.1 Å². The maximum atomic E-state index is 14.1. The molecule has 2 aromatic carbocycles. The minimum atomic E-state index is -0.438. The first kappa shape index (κ1) is 18.7. The van der Waals surface area contributed by atoms with Crippen molar-refractivity contribution in [1.82, 2.24) is 0 Å². The molecular formula is C22H21FN2O2S. The lowest BCUT2D eigenvalue weighted by molar-refractivity contribution is 0.103. The normalized spacial score (nSPS) is 14.1. The molecule has 1 N–H and O–H groups in total. The molecule has 6 heteroatoms. The van der Waals surface area contributed by atoms with Gasteiger partial charge in [-0.15, -0.1) is 11.3 Å². The third-order valence-electron chi connectivity index (χ3n) is 4.69. The van der Waals surface area contributed by atoms with E-state index in [0.29, 0.717) is 18.1 Å². The van der Waals surface area contributed by atoms with E-state index in [-0.39, 0.29) is 11.6 Å². The number of carbonyl (C=O) groups excluding carboxylic acids is 1. The van der Waals surface area contributed by atoms with Crippen LogP contribution in [0.5, 0.6) is 0 Å². The second-order valence-electron chi connectivity index (χ2n) is 6.73. The molecular weight excluding hydrogens is 375 g/mol. The summed E-state index contributed by atoms with van der Waals surface area (Å²) in [5.41, 5.74) is 3.16. The fourth-order valence-electron chi connectivity index (χ4n) is 3.24. The Morgan fingerprint density at radius 3 is 2.61 bits per heavy atom. The molecule has 4 rings (SSSR count). The molecule has 0 radical (unpaired) electrons. The van der Waals surface area contributed by atoms with Crippen molar-refractivity contribution in [2.45, 2.75) is 6.92 Å². The Labute approximate surface area is 167 Å². The summed E-state index contributed by atoms with van der Waals surface area (Å²) in [4.78, 5) is 15.7. The fourth-order valence-corrected chi connectivity index (χ4v) is 4.37. The maximum absolute atomic E-state index is 14.1. The highest BCUT2D eigenvalue weighted by atomic mass is 32.1. The number of aryl methyl sites for hydroxylation is 1. The van der Waals surface area contributed by atoms with Crippen LogP contribution in [-0.2, 0) is 4.74 Å². The molecule has 0 saturated carbocycles. The number of hydrogen-bond acceptors (Lipinski definition) is 4. The van der Waals surface area contributed by atoms with E-state index in [2.05, 4.69) is 10.2 Å². The largest absolute Gasteiger partial charge is 0.378 e. The van der Waals surface area contributed by atoms with Crippen LogP contribution in [-0.4, -0.2) is 32.2 Å². The summed E-state index contributed by atoms with van der Waals surface area (Å²) in [5.74, 6) is -0.738. The van der Waals surface area contributed by atoms with Crippen molar-refractivity contribution in [2.24, 2.45) is 0 Å².